The first-order valence-electron chi connectivity index (χ1n) is 6.13. The van der Waals surface area contributed by atoms with E-state index in [9.17, 15) is 9.18 Å². The molecule has 1 unspecified atom stereocenters. The minimum absolute atomic E-state index is 0.102. The predicted molar refractivity (Wildman–Crippen MR) is 73.6 cm³/mol. The first-order valence-corrected chi connectivity index (χ1v) is 6.13. The van der Waals surface area contributed by atoms with Crippen molar-refractivity contribution in [3.63, 3.8) is 0 Å². The van der Waals surface area contributed by atoms with Gasteiger partial charge in [0.15, 0.2) is 0 Å². The van der Waals surface area contributed by atoms with Crippen molar-refractivity contribution in [3.8, 4) is 5.75 Å². The van der Waals surface area contributed by atoms with E-state index in [0.717, 1.165) is 0 Å². The molecule has 0 heterocycles. The molecule has 1 amide bonds. The zero-order chi connectivity index (χ0) is 14.6. The highest BCUT2D eigenvalue weighted by atomic mass is 19.1. The zero-order valence-electron chi connectivity index (χ0n) is 11.8. The molecular formula is C14H21FN2O2. The van der Waals surface area contributed by atoms with E-state index in [2.05, 4.69) is 5.32 Å². The standard InChI is InChI=1S/C14H21FN2O2/c1-14(2,3)12(16)8-13(18)17-11-7-9(19-4)5-6-10(11)15/h5-7,12H,8,16H2,1-4H3,(H,17,18). The summed E-state index contributed by atoms with van der Waals surface area (Å²) in [5, 5.41) is 2.51. The number of hydrogen-bond acceptors (Lipinski definition) is 3. The Morgan fingerprint density at radius 1 is 1.47 bits per heavy atom. The lowest BCUT2D eigenvalue weighted by Gasteiger charge is -2.26. The number of nitrogens with one attached hydrogen (secondary N) is 1. The number of benzene rings is 1. The minimum atomic E-state index is -0.501. The number of hydrogen-bond donors (Lipinski definition) is 2. The van der Waals surface area contributed by atoms with Gasteiger partial charge in [0, 0.05) is 18.5 Å². The molecule has 0 saturated heterocycles. The Hall–Kier alpha value is -1.62. The van der Waals surface area contributed by atoms with Gasteiger partial charge in [-0.3, -0.25) is 4.79 Å². The third kappa shape index (κ3) is 4.52. The number of nitrogens with two attached hydrogens (primary N) is 1. The van der Waals surface area contributed by atoms with Crippen LogP contribution in [0.15, 0.2) is 18.2 Å². The van der Waals surface area contributed by atoms with Crippen LogP contribution in [0, 0.1) is 11.2 Å². The van der Waals surface area contributed by atoms with Crippen molar-refractivity contribution in [2.75, 3.05) is 12.4 Å². The third-order valence-corrected chi connectivity index (χ3v) is 2.97. The van der Waals surface area contributed by atoms with Gasteiger partial charge in [-0.25, -0.2) is 4.39 Å². The SMILES string of the molecule is COc1ccc(F)c(NC(=O)CC(N)C(C)(C)C)c1. The molecule has 4 nitrogen and oxygen atoms in total. The average Bonchev–Trinajstić information content (AvgIpc) is 2.30. The maximum atomic E-state index is 13.5. The van der Waals surface area contributed by atoms with Gasteiger partial charge >= 0.3 is 0 Å². The molecule has 0 aliphatic carbocycles. The van der Waals surface area contributed by atoms with Gasteiger partial charge in [0.05, 0.1) is 12.8 Å². The number of amides is 1. The van der Waals surface area contributed by atoms with Crippen molar-refractivity contribution >= 4 is 11.6 Å². The molecule has 5 heteroatoms. The van der Waals surface area contributed by atoms with Gasteiger partial charge in [-0.05, 0) is 17.5 Å². The Morgan fingerprint density at radius 2 is 2.11 bits per heavy atom. The van der Waals surface area contributed by atoms with Gasteiger partial charge in [-0.1, -0.05) is 20.8 Å². The molecule has 1 atom stereocenters. The van der Waals surface area contributed by atoms with Crippen LogP contribution in [0.1, 0.15) is 27.2 Å². The van der Waals surface area contributed by atoms with E-state index >= 15 is 0 Å². The van der Waals surface area contributed by atoms with Crippen LogP contribution in [0.4, 0.5) is 10.1 Å². The highest BCUT2D eigenvalue weighted by Crippen LogP contribution is 2.23. The summed E-state index contributed by atoms with van der Waals surface area (Å²) < 4.78 is 18.5. The fourth-order valence-electron chi connectivity index (χ4n) is 1.43. The largest absolute Gasteiger partial charge is 0.497 e. The number of halogens is 1. The summed E-state index contributed by atoms with van der Waals surface area (Å²) in [4.78, 5) is 11.8. The van der Waals surface area contributed by atoms with Gasteiger partial charge in [0.1, 0.15) is 11.6 Å². The van der Waals surface area contributed by atoms with Crippen LogP contribution in [0.3, 0.4) is 0 Å². The van der Waals surface area contributed by atoms with Crippen LogP contribution in [-0.4, -0.2) is 19.1 Å². The molecule has 1 aromatic rings. The monoisotopic (exact) mass is 268 g/mol. The molecule has 0 bridgehead atoms. The average molecular weight is 268 g/mol. The van der Waals surface area contributed by atoms with E-state index in [-0.39, 0.29) is 29.5 Å². The summed E-state index contributed by atoms with van der Waals surface area (Å²) in [6.07, 6.45) is 0.139. The molecule has 0 spiro atoms. The summed E-state index contributed by atoms with van der Waals surface area (Å²) >= 11 is 0. The third-order valence-electron chi connectivity index (χ3n) is 2.97. The van der Waals surface area contributed by atoms with Crippen LogP contribution in [-0.2, 0) is 4.79 Å². The topological polar surface area (TPSA) is 64.3 Å². The number of methoxy groups -OCH3 is 1. The Kier molecular flexibility index (Phi) is 4.89. The highest BCUT2D eigenvalue weighted by Gasteiger charge is 2.23. The quantitative estimate of drug-likeness (QED) is 0.882. The maximum absolute atomic E-state index is 13.5. The van der Waals surface area contributed by atoms with Crippen molar-refractivity contribution in [1.82, 2.24) is 0 Å². The molecule has 0 aliphatic heterocycles. The number of anilines is 1. The van der Waals surface area contributed by atoms with Crippen molar-refractivity contribution in [2.24, 2.45) is 11.1 Å². The van der Waals surface area contributed by atoms with Crippen LogP contribution < -0.4 is 15.8 Å². The van der Waals surface area contributed by atoms with Gasteiger partial charge in [0.2, 0.25) is 5.91 Å². The van der Waals surface area contributed by atoms with Crippen molar-refractivity contribution in [3.05, 3.63) is 24.0 Å². The lowest BCUT2D eigenvalue weighted by molar-refractivity contribution is -0.117. The maximum Gasteiger partial charge on any atom is 0.226 e. The number of rotatable bonds is 4. The second-order valence-corrected chi connectivity index (χ2v) is 5.57. The summed E-state index contributed by atoms with van der Waals surface area (Å²) in [5.41, 5.74) is 5.85. The first-order chi connectivity index (χ1) is 8.74. The molecule has 0 aliphatic rings. The summed E-state index contributed by atoms with van der Waals surface area (Å²) in [6.45, 7) is 5.87. The van der Waals surface area contributed by atoms with E-state index in [1.807, 2.05) is 20.8 Å². The van der Waals surface area contributed by atoms with E-state index in [4.69, 9.17) is 10.5 Å². The second-order valence-electron chi connectivity index (χ2n) is 5.57. The number of carbonyl (C=O) groups excluding carboxylic acids is 1. The van der Waals surface area contributed by atoms with Crippen molar-refractivity contribution in [2.45, 2.75) is 33.2 Å². The Balaban J connectivity index is 2.72. The van der Waals surface area contributed by atoms with Crippen molar-refractivity contribution in [1.29, 1.82) is 0 Å². The predicted octanol–water partition coefficient (Wildman–Crippen LogP) is 2.54. The lowest BCUT2D eigenvalue weighted by Crippen LogP contribution is -2.38. The molecule has 0 saturated carbocycles. The van der Waals surface area contributed by atoms with Gasteiger partial charge in [0.25, 0.3) is 0 Å². The molecule has 3 N–H and O–H groups in total. The Labute approximate surface area is 113 Å². The zero-order valence-corrected chi connectivity index (χ0v) is 11.8. The van der Waals surface area contributed by atoms with Crippen LogP contribution in [0.5, 0.6) is 5.75 Å². The van der Waals surface area contributed by atoms with Crippen LogP contribution in [0.2, 0.25) is 0 Å². The highest BCUT2D eigenvalue weighted by molar-refractivity contribution is 5.91. The fourth-order valence-corrected chi connectivity index (χ4v) is 1.43. The van der Waals surface area contributed by atoms with E-state index in [0.29, 0.717) is 5.75 Å². The summed E-state index contributed by atoms with van der Waals surface area (Å²) in [7, 11) is 1.48. The number of carbonyl (C=O) groups is 1. The smallest absolute Gasteiger partial charge is 0.226 e. The lowest BCUT2D eigenvalue weighted by atomic mass is 9.85. The fraction of sp³-hybridized carbons (Fsp3) is 0.500. The Morgan fingerprint density at radius 3 is 2.63 bits per heavy atom. The van der Waals surface area contributed by atoms with E-state index in [1.54, 1.807) is 0 Å². The van der Waals surface area contributed by atoms with Gasteiger partial charge in [-0.2, -0.15) is 0 Å². The van der Waals surface area contributed by atoms with Crippen LogP contribution in [0.25, 0.3) is 0 Å². The van der Waals surface area contributed by atoms with Gasteiger partial charge in [-0.15, -0.1) is 0 Å². The summed E-state index contributed by atoms with van der Waals surface area (Å²) in [5.74, 6) is -0.329. The summed E-state index contributed by atoms with van der Waals surface area (Å²) in [6, 6.07) is 3.89. The van der Waals surface area contributed by atoms with Crippen LogP contribution >= 0.6 is 0 Å². The molecule has 19 heavy (non-hydrogen) atoms. The normalized spacial score (nSPS) is 12.9. The van der Waals surface area contributed by atoms with Gasteiger partial charge < -0.3 is 15.8 Å². The minimum Gasteiger partial charge on any atom is -0.497 e. The first kappa shape index (κ1) is 15.4. The molecule has 0 radical (unpaired) electrons. The van der Waals surface area contributed by atoms with Crippen molar-refractivity contribution < 1.29 is 13.9 Å². The molecule has 1 aromatic carbocycles. The second kappa shape index (κ2) is 6.02. The number of ether oxygens (including phenoxy) is 1. The Bertz CT molecular complexity index is 455. The molecule has 0 aromatic heterocycles. The molecule has 0 fully saturated rings. The molecular weight excluding hydrogens is 247 g/mol. The molecule has 1 rings (SSSR count). The molecule has 106 valence electrons. The van der Waals surface area contributed by atoms with E-state index in [1.165, 1.54) is 25.3 Å². The van der Waals surface area contributed by atoms with E-state index < -0.39 is 5.82 Å².